The molecule has 226 valence electrons. The number of aliphatic carboxylic acids is 2. The molecular formula is C29H28F4O7S2. The average Bonchev–Trinajstić information content (AvgIpc) is 3.56. The molecule has 0 atom stereocenters. The molecule has 0 fully saturated rings. The molecule has 0 aliphatic carbocycles. The van der Waals surface area contributed by atoms with Crippen molar-refractivity contribution in [3.05, 3.63) is 51.7 Å². The number of halogens is 4. The zero-order chi connectivity index (χ0) is 30.7. The summed E-state index contributed by atoms with van der Waals surface area (Å²) in [6, 6.07) is 9.35. The Morgan fingerprint density at radius 1 is 0.738 bits per heavy atom. The first-order valence-electron chi connectivity index (χ1n) is 12.9. The normalized spacial score (nSPS) is 12.1. The van der Waals surface area contributed by atoms with E-state index in [1.54, 1.807) is 24.3 Å². The molecule has 2 aromatic carbocycles. The molecule has 4 rings (SSSR count). The van der Waals surface area contributed by atoms with Crippen LogP contribution < -0.4 is 14.2 Å². The molecule has 0 bridgehead atoms. The largest absolute Gasteiger partial charge is 0.496 e. The SMILES string of the molecule is COc1cc2cc(C(F)(F)CCC(=O)O)sc2cc1CCCOc1cc2sc(C(F)(F)CCC(=O)O)cc2cc1OC. The Bertz CT molecular complexity index is 1480. The summed E-state index contributed by atoms with van der Waals surface area (Å²) in [4.78, 5) is 21.1. The van der Waals surface area contributed by atoms with Gasteiger partial charge >= 0.3 is 11.9 Å². The van der Waals surface area contributed by atoms with Crippen LogP contribution in [0.2, 0.25) is 0 Å². The Kier molecular flexibility index (Phi) is 9.51. The molecule has 0 aliphatic heterocycles. The average molecular weight is 629 g/mol. The number of benzene rings is 2. The predicted octanol–water partition coefficient (Wildman–Crippen LogP) is 8.06. The van der Waals surface area contributed by atoms with Crippen molar-refractivity contribution in [3.63, 3.8) is 0 Å². The fourth-order valence-corrected chi connectivity index (χ4v) is 6.58. The van der Waals surface area contributed by atoms with Gasteiger partial charge in [0.1, 0.15) is 5.75 Å². The van der Waals surface area contributed by atoms with E-state index >= 15 is 0 Å². The number of methoxy groups -OCH3 is 2. The zero-order valence-corrected chi connectivity index (χ0v) is 24.3. The monoisotopic (exact) mass is 628 g/mol. The number of carbonyl (C=O) groups is 2. The van der Waals surface area contributed by atoms with Crippen LogP contribution in [0.5, 0.6) is 17.2 Å². The minimum Gasteiger partial charge on any atom is -0.496 e. The fraction of sp³-hybridized carbons (Fsp3) is 0.379. The van der Waals surface area contributed by atoms with E-state index in [4.69, 9.17) is 24.4 Å². The molecule has 0 saturated heterocycles. The summed E-state index contributed by atoms with van der Waals surface area (Å²) in [5.41, 5.74) is 0.782. The smallest absolute Gasteiger partial charge is 0.303 e. The minimum absolute atomic E-state index is 0.208. The molecular weight excluding hydrogens is 600 g/mol. The number of carboxylic acid groups (broad SMARTS) is 2. The second kappa shape index (κ2) is 12.7. The van der Waals surface area contributed by atoms with Crippen molar-refractivity contribution in [1.82, 2.24) is 0 Å². The van der Waals surface area contributed by atoms with Gasteiger partial charge < -0.3 is 24.4 Å². The number of alkyl halides is 4. The first-order valence-corrected chi connectivity index (χ1v) is 14.5. The molecule has 0 amide bonds. The lowest BCUT2D eigenvalue weighted by Crippen LogP contribution is -2.13. The van der Waals surface area contributed by atoms with Crippen LogP contribution in [0.3, 0.4) is 0 Å². The molecule has 2 N–H and O–H groups in total. The van der Waals surface area contributed by atoms with Crippen LogP contribution in [-0.2, 0) is 27.9 Å². The van der Waals surface area contributed by atoms with Crippen LogP contribution in [0.1, 0.15) is 47.4 Å². The van der Waals surface area contributed by atoms with Gasteiger partial charge in [-0.1, -0.05) is 0 Å². The minimum atomic E-state index is -3.28. The lowest BCUT2D eigenvalue weighted by molar-refractivity contribution is -0.140. The Morgan fingerprint density at radius 3 is 1.74 bits per heavy atom. The summed E-state index contributed by atoms with van der Waals surface area (Å²) in [6.07, 6.45) is -1.87. The van der Waals surface area contributed by atoms with Crippen molar-refractivity contribution in [2.45, 2.75) is 50.4 Å². The molecule has 2 heterocycles. The lowest BCUT2D eigenvalue weighted by atomic mass is 10.1. The highest BCUT2D eigenvalue weighted by Crippen LogP contribution is 2.44. The molecule has 4 aromatic rings. The summed E-state index contributed by atoms with van der Waals surface area (Å²) in [5.74, 6) is -7.88. The highest BCUT2D eigenvalue weighted by Gasteiger charge is 2.35. The standard InChI is InChI=1S/C29H28F4O7S2/c1-38-19-10-17-13-24(28(30,31)7-5-26(34)35)41-22(17)12-16(19)4-3-9-40-21-15-23-18(11-20(21)39-2)14-25(42-23)29(32,33)8-6-27(36)37/h10-15H,3-9H2,1-2H3,(H,34,35)(H,36,37). The molecule has 0 saturated carbocycles. The summed E-state index contributed by atoms with van der Waals surface area (Å²) in [6.45, 7) is 0.235. The molecule has 2 aromatic heterocycles. The van der Waals surface area contributed by atoms with Gasteiger partial charge in [-0.15, -0.1) is 22.7 Å². The van der Waals surface area contributed by atoms with Crippen molar-refractivity contribution < 1.29 is 51.6 Å². The van der Waals surface area contributed by atoms with Gasteiger partial charge in [0.05, 0.1) is 43.4 Å². The number of aryl methyl sites for hydroxylation is 1. The topological polar surface area (TPSA) is 102 Å². The van der Waals surface area contributed by atoms with Crippen LogP contribution in [0.4, 0.5) is 17.6 Å². The second-order valence-electron chi connectivity index (χ2n) is 9.61. The zero-order valence-electron chi connectivity index (χ0n) is 22.7. The van der Waals surface area contributed by atoms with E-state index in [-0.39, 0.29) is 16.4 Å². The van der Waals surface area contributed by atoms with Gasteiger partial charge in [-0.2, -0.15) is 0 Å². The van der Waals surface area contributed by atoms with Crippen LogP contribution in [-0.4, -0.2) is 43.0 Å². The number of thiophene rings is 2. The number of fused-ring (bicyclic) bond motifs is 2. The Labute approximate surface area is 246 Å². The van der Waals surface area contributed by atoms with Gasteiger partial charge in [0.2, 0.25) is 0 Å². The van der Waals surface area contributed by atoms with Crippen LogP contribution in [0.15, 0.2) is 36.4 Å². The van der Waals surface area contributed by atoms with Gasteiger partial charge in [-0.05, 0) is 59.5 Å². The number of rotatable bonds is 15. The van der Waals surface area contributed by atoms with E-state index < -0.39 is 49.5 Å². The number of carboxylic acids is 2. The molecule has 0 spiro atoms. The summed E-state index contributed by atoms with van der Waals surface area (Å²) < 4.78 is 76.2. The Balaban J connectivity index is 1.45. The summed E-state index contributed by atoms with van der Waals surface area (Å²) >= 11 is 1.77. The van der Waals surface area contributed by atoms with Crippen LogP contribution in [0, 0.1) is 0 Å². The first-order chi connectivity index (χ1) is 19.8. The van der Waals surface area contributed by atoms with Gasteiger partial charge in [0.25, 0.3) is 11.8 Å². The van der Waals surface area contributed by atoms with Crippen molar-refractivity contribution in [2.75, 3.05) is 20.8 Å². The Morgan fingerprint density at radius 2 is 1.24 bits per heavy atom. The van der Waals surface area contributed by atoms with Crippen molar-refractivity contribution in [2.24, 2.45) is 0 Å². The first kappa shape index (κ1) is 31.4. The quantitative estimate of drug-likeness (QED) is 0.101. The molecule has 42 heavy (non-hydrogen) atoms. The van der Waals surface area contributed by atoms with E-state index in [0.29, 0.717) is 50.3 Å². The van der Waals surface area contributed by atoms with E-state index in [1.807, 2.05) is 0 Å². The van der Waals surface area contributed by atoms with Gasteiger partial charge in [-0.25, -0.2) is 17.6 Å². The number of ether oxygens (including phenoxy) is 3. The van der Waals surface area contributed by atoms with E-state index in [9.17, 15) is 27.2 Å². The van der Waals surface area contributed by atoms with E-state index in [2.05, 4.69) is 0 Å². The highest BCUT2D eigenvalue weighted by atomic mass is 32.1. The van der Waals surface area contributed by atoms with Crippen molar-refractivity contribution >= 4 is 54.8 Å². The van der Waals surface area contributed by atoms with Crippen LogP contribution >= 0.6 is 22.7 Å². The third-order valence-corrected chi connectivity index (χ3v) is 9.02. The maximum absolute atomic E-state index is 14.6. The molecule has 7 nitrogen and oxygen atoms in total. The van der Waals surface area contributed by atoms with Gasteiger partial charge in [0, 0.05) is 28.3 Å². The van der Waals surface area contributed by atoms with E-state index in [1.165, 1.54) is 26.4 Å². The third-order valence-electron chi connectivity index (χ3n) is 6.60. The summed E-state index contributed by atoms with van der Waals surface area (Å²) in [5, 5.41) is 18.6. The molecule has 0 radical (unpaired) electrons. The van der Waals surface area contributed by atoms with Gasteiger partial charge in [0.15, 0.2) is 11.5 Å². The Hall–Kier alpha value is -3.58. The number of hydrogen-bond acceptors (Lipinski definition) is 7. The molecule has 0 aliphatic rings. The predicted molar refractivity (Wildman–Crippen MR) is 152 cm³/mol. The van der Waals surface area contributed by atoms with E-state index in [0.717, 1.165) is 28.2 Å². The maximum Gasteiger partial charge on any atom is 0.303 e. The molecule has 0 unspecified atom stereocenters. The van der Waals surface area contributed by atoms with Crippen molar-refractivity contribution in [1.29, 1.82) is 0 Å². The fourth-order valence-electron chi connectivity index (χ4n) is 4.39. The second-order valence-corrected chi connectivity index (χ2v) is 11.8. The maximum atomic E-state index is 14.6. The highest BCUT2D eigenvalue weighted by molar-refractivity contribution is 7.19. The van der Waals surface area contributed by atoms with Crippen LogP contribution in [0.25, 0.3) is 20.2 Å². The number of hydrogen-bond donors (Lipinski definition) is 2. The molecule has 13 heteroatoms. The van der Waals surface area contributed by atoms with Gasteiger partial charge in [-0.3, -0.25) is 9.59 Å². The third kappa shape index (κ3) is 7.24. The van der Waals surface area contributed by atoms with Crippen molar-refractivity contribution in [3.8, 4) is 17.2 Å². The lowest BCUT2D eigenvalue weighted by Gasteiger charge is -2.12. The summed E-state index contributed by atoms with van der Waals surface area (Å²) in [7, 11) is 2.92.